The van der Waals surface area contributed by atoms with Gasteiger partial charge in [0.1, 0.15) is 11.6 Å². The van der Waals surface area contributed by atoms with Crippen molar-refractivity contribution in [3.05, 3.63) is 59.7 Å². The molecule has 0 radical (unpaired) electrons. The number of nitrogens with one attached hydrogen (secondary N) is 1. The average Bonchev–Trinajstić information content (AvgIpc) is 2.55. The first-order valence-electron chi connectivity index (χ1n) is 7.13. The van der Waals surface area contributed by atoms with Gasteiger partial charge in [-0.15, -0.1) is 0 Å². The molecule has 0 unspecified atom stereocenters. The molecule has 0 aliphatic heterocycles. The Labute approximate surface area is 129 Å². The molecule has 0 saturated heterocycles. The molecule has 0 aromatic heterocycles. The fraction of sp³-hybridized carbons (Fsp3) is 0.235. The highest BCUT2D eigenvalue weighted by Crippen LogP contribution is 2.25. The lowest BCUT2D eigenvalue weighted by Gasteiger charge is -2.11. The van der Waals surface area contributed by atoms with E-state index in [0.29, 0.717) is 0 Å². The Hall–Kier alpha value is -2.43. The van der Waals surface area contributed by atoms with Gasteiger partial charge in [-0.2, -0.15) is 0 Å². The van der Waals surface area contributed by atoms with E-state index >= 15 is 0 Å². The number of hydrogen-bond donors (Lipinski definition) is 2. The minimum Gasteiger partial charge on any atom is -0.478 e. The summed E-state index contributed by atoms with van der Waals surface area (Å²) in [6, 6.07) is 9.28. The molecular weight excluding hydrogens is 288 g/mol. The molecule has 120 valence electrons. The minimum atomic E-state index is -1.28. The number of aromatic carboxylic acids is 1. The Bertz CT molecular complexity index is 601. The molecule has 22 heavy (non-hydrogen) atoms. The number of carboxylic acid groups (broad SMARTS) is 1. The van der Waals surface area contributed by atoms with Crippen LogP contribution in [0.25, 0.3) is 0 Å². The third kappa shape index (κ3) is 5.16. The highest BCUT2D eigenvalue weighted by molar-refractivity contribution is 5.95. The topological polar surface area (TPSA) is 49.3 Å². The number of anilines is 2. The van der Waals surface area contributed by atoms with Gasteiger partial charge in [0, 0.05) is 0 Å². The molecule has 0 spiro atoms. The second-order valence-corrected chi connectivity index (χ2v) is 3.57. The molecule has 0 amide bonds. The van der Waals surface area contributed by atoms with E-state index in [-0.39, 0.29) is 16.9 Å². The number of carboxylic acids is 1. The molecule has 0 atom stereocenters. The number of para-hydroxylation sites is 2. The number of hydrogen-bond acceptors (Lipinski definition) is 2. The van der Waals surface area contributed by atoms with Crippen molar-refractivity contribution in [2.75, 3.05) is 5.32 Å². The van der Waals surface area contributed by atoms with E-state index in [0.717, 1.165) is 6.07 Å². The van der Waals surface area contributed by atoms with Gasteiger partial charge < -0.3 is 10.4 Å². The summed E-state index contributed by atoms with van der Waals surface area (Å²) < 4.78 is 27.0. The molecule has 2 aromatic carbocycles. The van der Waals surface area contributed by atoms with Crippen molar-refractivity contribution in [3.63, 3.8) is 0 Å². The van der Waals surface area contributed by atoms with Crippen molar-refractivity contribution in [1.82, 2.24) is 0 Å². The summed E-state index contributed by atoms with van der Waals surface area (Å²) >= 11 is 0. The average molecular weight is 309 g/mol. The number of benzene rings is 2. The standard InChI is InChI=1S/C13H9F2NO2.2C2H6/c14-9-5-1-2-7-11(9)16-12-8(13(17)18)4-3-6-10(12)15;2*1-2/h1-7,16H,(H,17,18);2*1-2H3. The van der Waals surface area contributed by atoms with Crippen molar-refractivity contribution >= 4 is 17.3 Å². The Morgan fingerprint density at radius 2 is 1.45 bits per heavy atom. The van der Waals surface area contributed by atoms with E-state index in [1.165, 1.54) is 30.3 Å². The normalized spacial score (nSPS) is 8.82. The lowest BCUT2D eigenvalue weighted by Crippen LogP contribution is -2.05. The van der Waals surface area contributed by atoms with Crippen molar-refractivity contribution in [2.45, 2.75) is 27.7 Å². The highest BCUT2D eigenvalue weighted by atomic mass is 19.1. The Balaban J connectivity index is 0.00000102. The third-order valence-corrected chi connectivity index (χ3v) is 2.38. The molecule has 0 aliphatic carbocycles. The monoisotopic (exact) mass is 309 g/mol. The Morgan fingerprint density at radius 3 is 2.00 bits per heavy atom. The van der Waals surface area contributed by atoms with Crippen molar-refractivity contribution < 1.29 is 18.7 Å². The van der Waals surface area contributed by atoms with Crippen LogP contribution in [-0.4, -0.2) is 11.1 Å². The van der Waals surface area contributed by atoms with Crippen LogP contribution < -0.4 is 5.32 Å². The minimum absolute atomic E-state index is 0.0186. The molecule has 5 heteroatoms. The molecule has 0 heterocycles. The van der Waals surface area contributed by atoms with E-state index < -0.39 is 17.6 Å². The smallest absolute Gasteiger partial charge is 0.337 e. The molecule has 2 aromatic rings. The SMILES string of the molecule is CC.CC.O=C(O)c1cccc(F)c1Nc1ccccc1F. The van der Waals surface area contributed by atoms with Gasteiger partial charge in [-0.3, -0.25) is 0 Å². The van der Waals surface area contributed by atoms with Gasteiger partial charge in [0.15, 0.2) is 0 Å². The summed E-state index contributed by atoms with van der Waals surface area (Å²) in [4.78, 5) is 10.9. The molecule has 0 fully saturated rings. The number of carbonyl (C=O) groups is 1. The van der Waals surface area contributed by atoms with Crippen LogP contribution in [0.1, 0.15) is 38.1 Å². The molecule has 0 saturated carbocycles. The maximum Gasteiger partial charge on any atom is 0.337 e. The van der Waals surface area contributed by atoms with E-state index in [4.69, 9.17) is 5.11 Å². The van der Waals surface area contributed by atoms with Gasteiger partial charge in [0.25, 0.3) is 0 Å². The predicted octanol–water partition coefficient (Wildman–Crippen LogP) is 5.46. The van der Waals surface area contributed by atoms with Crippen molar-refractivity contribution in [2.24, 2.45) is 0 Å². The van der Waals surface area contributed by atoms with Crippen LogP contribution in [0.2, 0.25) is 0 Å². The van der Waals surface area contributed by atoms with E-state index in [9.17, 15) is 13.6 Å². The van der Waals surface area contributed by atoms with Gasteiger partial charge in [-0.05, 0) is 24.3 Å². The summed E-state index contributed by atoms with van der Waals surface area (Å²) in [7, 11) is 0. The van der Waals surface area contributed by atoms with Crippen LogP contribution in [0.3, 0.4) is 0 Å². The number of halogens is 2. The van der Waals surface area contributed by atoms with E-state index in [1.807, 2.05) is 27.7 Å². The van der Waals surface area contributed by atoms with Crippen molar-refractivity contribution in [1.29, 1.82) is 0 Å². The molecule has 0 aliphatic rings. The van der Waals surface area contributed by atoms with Crippen LogP contribution in [0.4, 0.5) is 20.2 Å². The predicted molar refractivity (Wildman–Crippen MR) is 85.7 cm³/mol. The van der Waals surface area contributed by atoms with Gasteiger partial charge >= 0.3 is 5.97 Å². The second-order valence-electron chi connectivity index (χ2n) is 3.57. The number of rotatable bonds is 3. The van der Waals surface area contributed by atoms with Gasteiger partial charge in [-0.1, -0.05) is 45.9 Å². The largest absolute Gasteiger partial charge is 0.478 e. The van der Waals surface area contributed by atoms with Crippen LogP contribution in [0.5, 0.6) is 0 Å². The van der Waals surface area contributed by atoms with Gasteiger partial charge in [0.2, 0.25) is 0 Å². The first kappa shape index (κ1) is 19.6. The summed E-state index contributed by atoms with van der Waals surface area (Å²) in [5, 5.41) is 11.4. The van der Waals surface area contributed by atoms with Crippen molar-refractivity contribution in [3.8, 4) is 0 Å². The Morgan fingerprint density at radius 1 is 0.909 bits per heavy atom. The highest BCUT2D eigenvalue weighted by Gasteiger charge is 2.15. The van der Waals surface area contributed by atoms with E-state index in [1.54, 1.807) is 6.07 Å². The molecule has 2 rings (SSSR count). The first-order valence-corrected chi connectivity index (χ1v) is 7.13. The maximum absolute atomic E-state index is 13.6. The zero-order valence-corrected chi connectivity index (χ0v) is 13.2. The van der Waals surface area contributed by atoms with Crippen LogP contribution in [0, 0.1) is 11.6 Å². The maximum atomic E-state index is 13.6. The quantitative estimate of drug-likeness (QED) is 0.791. The summed E-state index contributed by atoms with van der Waals surface area (Å²) in [5.74, 6) is -2.62. The first-order chi connectivity index (χ1) is 10.6. The zero-order valence-electron chi connectivity index (χ0n) is 13.2. The fourth-order valence-electron chi connectivity index (χ4n) is 1.53. The summed E-state index contributed by atoms with van der Waals surface area (Å²) in [6.07, 6.45) is 0. The summed E-state index contributed by atoms with van der Waals surface area (Å²) in [6.45, 7) is 8.00. The summed E-state index contributed by atoms with van der Waals surface area (Å²) in [5.41, 5.74) is -0.488. The van der Waals surface area contributed by atoms with Gasteiger partial charge in [0.05, 0.1) is 16.9 Å². The van der Waals surface area contributed by atoms with E-state index in [2.05, 4.69) is 5.32 Å². The fourth-order valence-corrected chi connectivity index (χ4v) is 1.53. The second kappa shape index (κ2) is 10.3. The molecule has 3 nitrogen and oxygen atoms in total. The van der Waals surface area contributed by atoms with Gasteiger partial charge in [-0.25, -0.2) is 13.6 Å². The third-order valence-electron chi connectivity index (χ3n) is 2.38. The lowest BCUT2D eigenvalue weighted by molar-refractivity contribution is 0.0697. The zero-order chi connectivity index (χ0) is 17.1. The molecule has 2 N–H and O–H groups in total. The van der Waals surface area contributed by atoms with Crippen LogP contribution in [0.15, 0.2) is 42.5 Å². The van der Waals surface area contributed by atoms with Crippen LogP contribution >= 0.6 is 0 Å². The lowest BCUT2D eigenvalue weighted by atomic mass is 10.1. The molecule has 0 bridgehead atoms. The molecular formula is C17H21F2NO2. The Kier molecular flexibility index (Phi) is 9.18. The van der Waals surface area contributed by atoms with Crippen LogP contribution in [-0.2, 0) is 0 Å².